The molecular formula is C22H40N4Ti. The van der Waals surface area contributed by atoms with Crippen molar-refractivity contribution in [1.29, 1.82) is 0 Å². The Morgan fingerprint density at radius 1 is 0.519 bits per heavy atom. The van der Waals surface area contributed by atoms with Gasteiger partial charge in [0.05, 0.1) is 11.4 Å². The molecule has 152 valence electrons. The third kappa shape index (κ3) is 7.95. The van der Waals surface area contributed by atoms with Crippen molar-refractivity contribution >= 4 is 0 Å². The fourth-order valence-corrected chi connectivity index (χ4v) is 2.18. The third-order valence-electron chi connectivity index (χ3n) is 4.31. The molecule has 0 saturated heterocycles. The Morgan fingerprint density at radius 3 is 0.889 bits per heavy atom. The van der Waals surface area contributed by atoms with Gasteiger partial charge in [-0.2, -0.15) is 10.2 Å². The minimum absolute atomic E-state index is 0. The molecule has 2 aromatic heterocycles. The van der Waals surface area contributed by atoms with Crippen LogP contribution >= 0.6 is 0 Å². The Kier molecular flexibility index (Phi) is 8.37. The molecule has 2 aromatic rings. The van der Waals surface area contributed by atoms with Gasteiger partial charge in [-0.25, -0.2) is 0 Å². The van der Waals surface area contributed by atoms with Gasteiger partial charge in [0.25, 0.3) is 0 Å². The predicted octanol–water partition coefficient (Wildman–Crippen LogP) is 6.01. The van der Waals surface area contributed by atoms with Crippen LogP contribution < -0.4 is 0 Å². The summed E-state index contributed by atoms with van der Waals surface area (Å²) in [4.78, 5) is 0. The molecule has 0 bridgehead atoms. The number of hydrogen-bond acceptors (Lipinski definition) is 2. The molecule has 0 aliphatic rings. The van der Waals surface area contributed by atoms with Crippen LogP contribution in [0, 0.1) is 0 Å². The number of H-pyrrole nitrogens is 2. The minimum Gasteiger partial charge on any atom is -0.282 e. The summed E-state index contributed by atoms with van der Waals surface area (Å²) < 4.78 is 0. The summed E-state index contributed by atoms with van der Waals surface area (Å²) in [5, 5.41) is 14.9. The van der Waals surface area contributed by atoms with Crippen molar-refractivity contribution in [2.75, 3.05) is 0 Å². The van der Waals surface area contributed by atoms with Gasteiger partial charge in [0.2, 0.25) is 0 Å². The number of nitrogens with one attached hydrogen (secondary N) is 2. The van der Waals surface area contributed by atoms with Crippen LogP contribution in [-0.4, -0.2) is 20.4 Å². The summed E-state index contributed by atoms with van der Waals surface area (Å²) in [5.41, 5.74) is 5.29. The molecule has 0 aliphatic heterocycles. The molecule has 0 atom stereocenters. The summed E-state index contributed by atoms with van der Waals surface area (Å²) in [7, 11) is 0. The molecule has 0 unspecified atom stereocenters. The molecule has 0 fully saturated rings. The van der Waals surface area contributed by atoms with Gasteiger partial charge in [-0.15, -0.1) is 0 Å². The maximum Gasteiger partial charge on any atom is 0.0678 e. The van der Waals surface area contributed by atoms with Crippen LogP contribution in [0.2, 0.25) is 0 Å². The van der Waals surface area contributed by atoms with Crippen LogP contribution in [-0.2, 0) is 43.4 Å². The van der Waals surface area contributed by atoms with E-state index >= 15 is 0 Å². The standard InChI is InChI=1S/2C11H20N2.Ti/c2*1-10(2,3)8-7-9(13-12-8)11(4,5)6;/h2*7H,1-6H3,(H,12,13);. The predicted molar refractivity (Wildman–Crippen MR) is 112 cm³/mol. The summed E-state index contributed by atoms with van der Waals surface area (Å²) in [6.07, 6.45) is 0. The van der Waals surface area contributed by atoms with Crippen molar-refractivity contribution in [2.24, 2.45) is 0 Å². The first kappa shape index (κ1) is 26.1. The largest absolute Gasteiger partial charge is 0.282 e. The zero-order valence-corrected chi connectivity index (χ0v) is 21.1. The van der Waals surface area contributed by atoms with Crippen molar-refractivity contribution in [3.05, 3.63) is 34.9 Å². The topological polar surface area (TPSA) is 57.4 Å². The molecule has 4 nitrogen and oxygen atoms in total. The van der Waals surface area contributed by atoms with Crippen molar-refractivity contribution in [3.8, 4) is 0 Å². The zero-order valence-electron chi connectivity index (χ0n) is 19.5. The minimum atomic E-state index is 0. The Balaban J connectivity index is 0.000000483. The molecule has 5 heteroatoms. The number of aromatic amines is 2. The molecule has 0 aromatic carbocycles. The van der Waals surface area contributed by atoms with Crippen LogP contribution in [0.1, 0.15) is 106 Å². The van der Waals surface area contributed by atoms with E-state index < -0.39 is 0 Å². The van der Waals surface area contributed by atoms with E-state index in [1.165, 1.54) is 11.4 Å². The first-order valence-electron chi connectivity index (χ1n) is 9.55. The van der Waals surface area contributed by atoms with Crippen LogP contribution in [0.25, 0.3) is 0 Å². The van der Waals surface area contributed by atoms with Crippen LogP contribution in [0.5, 0.6) is 0 Å². The van der Waals surface area contributed by atoms with Gasteiger partial charge in [-0.05, 0) is 12.1 Å². The maximum atomic E-state index is 4.33. The number of aromatic nitrogens is 4. The van der Waals surface area contributed by atoms with Crippen molar-refractivity contribution in [2.45, 2.75) is 105 Å². The zero-order chi connectivity index (χ0) is 20.6. The molecule has 2 rings (SSSR count). The van der Waals surface area contributed by atoms with E-state index in [2.05, 4.69) is 116 Å². The van der Waals surface area contributed by atoms with Crippen molar-refractivity contribution < 1.29 is 21.7 Å². The van der Waals surface area contributed by atoms with Gasteiger partial charge >= 0.3 is 0 Å². The van der Waals surface area contributed by atoms with E-state index in [0.29, 0.717) is 0 Å². The fourth-order valence-electron chi connectivity index (χ4n) is 2.18. The molecule has 2 N–H and O–H groups in total. The third-order valence-corrected chi connectivity index (χ3v) is 4.31. The molecule has 27 heavy (non-hydrogen) atoms. The Bertz CT molecular complexity index is 579. The molecule has 0 spiro atoms. The smallest absolute Gasteiger partial charge is 0.0678 e. The van der Waals surface area contributed by atoms with E-state index in [4.69, 9.17) is 0 Å². The van der Waals surface area contributed by atoms with Crippen LogP contribution in [0.15, 0.2) is 12.1 Å². The van der Waals surface area contributed by atoms with Gasteiger partial charge in [0.15, 0.2) is 0 Å². The Hall–Kier alpha value is -0.866. The Labute approximate surface area is 181 Å². The average molecular weight is 408 g/mol. The van der Waals surface area contributed by atoms with E-state index in [0.717, 1.165) is 11.4 Å². The fraction of sp³-hybridized carbons (Fsp3) is 0.727. The molecular weight excluding hydrogens is 368 g/mol. The van der Waals surface area contributed by atoms with Crippen LogP contribution in [0.4, 0.5) is 0 Å². The molecule has 0 aliphatic carbocycles. The van der Waals surface area contributed by atoms with E-state index in [-0.39, 0.29) is 43.4 Å². The summed E-state index contributed by atoms with van der Waals surface area (Å²) in [5.74, 6) is 0. The van der Waals surface area contributed by atoms with Crippen molar-refractivity contribution in [3.63, 3.8) is 0 Å². The van der Waals surface area contributed by atoms with Gasteiger partial charge in [-0.3, -0.25) is 10.2 Å². The number of hydrogen-bond donors (Lipinski definition) is 2. The first-order valence-corrected chi connectivity index (χ1v) is 9.55. The molecule has 0 amide bonds. The average Bonchev–Trinajstić information content (AvgIpc) is 3.06. The summed E-state index contributed by atoms with van der Waals surface area (Å²) in [6, 6.07) is 4.33. The SMILES string of the molecule is CC(C)(C)c1cc(C(C)(C)C)[nH]n1.CC(C)(C)c1cc(C(C)(C)C)[nH]n1.[Ti]. The van der Waals surface area contributed by atoms with E-state index in [9.17, 15) is 0 Å². The van der Waals surface area contributed by atoms with E-state index in [1.54, 1.807) is 0 Å². The molecule has 2 heterocycles. The second-order valence-electron chi connectivity index (χ2n) is 11.3. The van der Waals surface area contributed by atoms with Gasteiger partial charge in [0, 0.05) is 54.8 Å². The van der Waals surface area contributed by atoms with Crippen LogP contribution in [0.3, 0.4) is 0 Å². The number of rotatable bonds is 0. The first-order chi connectivity index (χ1) is 11.4. The van der Waals surface area contributed by atoms with Crippen molar-refractivity contribution in [1.82, 2.24) is 20.4 Å². The summed E-state index contributed by atoms with van der Waals surface area (Å²) >= 11 is 0. The monoisotopic (exact) mass is 408 g/mol. The number of nitrogens with zero attached hydrogens (tertiary/aromatic N) is 2. The maximum absolute atomic E-state index is 4.33. The second kappa shape index (κ2) is 8.65. The quantitative estimate of drug-likeness (QED) is 0.525. The van der Waals surface area contributed by atoms with E-state index in [1.807, 2.05) is 0 Å². The Morgan fingerprint density at radius 2 is 0.778 bits per heavy atom. The molecule has 0 saturated carbocycles. The second-order valence-corrected chi connectivity index (χ2v) is 11.3. The normalized spacial score (nSPS) is 12.9. The molecule has 0 radical (unpaired) electrons. The van der Waals surface area contributed by atoms with Gasteiger partial charge in [0.1, 0.15) is 0 Å². The summed E-state index contributed by atoms with van der Waals surface area (Å²) in [6.45, 7) is 26.2. The van der Waals surface area contributed by atoms with Gasteiger partial charge in [-0.1, -0.05) is 83.1 Å². The van der Waals surface area contributed by atoms with Gasteiger partial charge < -0.3 is 0 Å².